The minimum absolute atomic E-state index is 1.19. The third kappa shape index (κ3) is 1.86. The Morgan fingerprint density at radius 2 is 1.79 bits per heavy atom. The summed E-state index contributed by atoms with van der Waals surface area (Å²) in [5.41, 5.74) is 0. The number of hydrogen-bond acceptors (Lipinski definition) is 6. The van der Waals surface area contributed by atoms with E-state index >= 15 is 0 Å². The molecule has 1 aliphatic heterocycles. The predicted octanol–water partition coefficient (Wildman–Crippen LogP) is -2.47. The van der Waals surface area contributed by atoms with Crippen molar-refractivity contribution in [3.63, 3.8) is 0 Å². The standard InChI is InChI=1S/C7H12O7/c1-13-7-4(10)2(8)3(9)5(14-7)6(11)12/h2-5,7-10H,1H3,(H,11,12)/t2-,3-,4+,5?,7?/m0/s1. The molecule has 1 aliphatic rings. The maximum Gasteiger partial charge on any atom is 0.335 e. The van der Waals surface area contributed by atoms with Gasteiger partial charge in [0.2, 0.25) is 0 Å². The zero-order valence-corrected chi connectivity index (χ0v) is 7.40. The second kappa shape index (κ2) is 4.20. The van der Waals surface area contributed by atoms with Crippen molar-refractivity contribution in [3.05, 3.63) is 0 Å². The van der Waals surface area contributed by atoms with E-state index in [9.17, 15) is 20.1 Å². The summed E-state index contributed by atoms with van der Waals surface area (Å²) in [6.07, 6.45) is -7.60. The maximum absolute atomic E-state index is 10.5. The molecule has 0 radical (unpaired) electrons. The molecule has 1 fully saturated rings. The molecule has 7 nitrogen and oxygen atoms in total. The minimum Gasteiger partial charge on any atom is -0.479 e. The largest absolute Gasteiger partial charge is 0.479 e. The Morgan fingerprint density at radius 3 is 2.21 bits per heavy atom. The quantitative estimate of drug-likeness (QED) is 0.397. The first-order chi connectivity index (χ1) is 6.49. The third-order valence-corrected chi connectivity index (χ3v) is 2.05. The average molecular weight is 208 g/mol. The Kier molecular flexibility index (Phi) is 3.40. The molecule has 0 spiro atoms. The number of ether oxygens (including phenoxy) is 2. The van der Waals surface area contributed by atoms with Gasteiger partial charge in [-0.05, 0) is 0 Å². The number of rotatable bonds is 2. The number of aliphatic carboxylic acids is 1. The first-order valence-corrected chi connectivity index (χ1v) is 3.94. The van der Waals surface area contributed by atoms with Crippen LogP contribution in [-0.4, -0.2) is 64.2 Å². The zero-order chi connectivity index (χ0) is 10.9. The van der Waals surface area contributed by atoms with Gasteiger partial charge in [0.1, 0.15) is 18.3 Å². The average Bonchev–Trinajstić information content (AvgIpc) is 2.14. The molecule has 0 aromatic rings. The molecule has 2 unspecified atom stereocenters. The van der Waals surface area contributed by atoms with Crippen molar-refractivity contribution in [2.45, 2.75) is 30.7 Å². The number of aliphatic hydroxyl groups is 3. The Morgan fingerprint density at radius 1 is 1.21 bits per heavy atom. The molecule has 0 aromatic carbocycles. The summed E-state index contributed by atoms with van der Waals surface area (Å²) in [4.78, 5) is 10.5. The van der Waals surface area contributed by atoms with Crippen molar-refractivity contribution in [1.29, 1.82) is 0 Å². The van der Waals surface area contributed by atoms with Gasteiger partial charge in [-0.15, -0.1) is 0 Å². The van der Waals surface area contributed by atoms with Crippen LogP contribution in [0.25, 0.3) is 0 Å². The summed E-state index contributed by atoms with van der Waals surface area (Å²) in [5.74, 6) is -1.43. The SMILES string of the molecule is COC1OC(C(=O)O)[C@@H](O)[C@H](O)[C@H]1O. The van der Waals surface area contributed by atoms with Gasteiger partial charge in [-0.2, -0.15) is 0 Å². The molecule has 0 aliphatic carbocycles. The molecule has 14 heavy (non-hydrogen) atoms. The van der Waals surface area contributed by atoms with E-state index in [-0.39, 0.29) is 0 Å². The molecule has 5 atom stereocenters. The molecule has 1 heterocycles. The molecule has 0 bridgehead atoms. The summed E-state index contributed by atoms with van der Waals surface area (Å²) in [6.45, 7) is 0. The number of carboxylic acids is 1. The van der Waals surface area contributed by atoms with Crippen LogP contribution in [0.5, 0.6) is 0 Å². The molecule has 1 rings (SSSR count). The zero-order valence-electron chi connectivity index (χ0n) is 7.40. The van der Waals surface area contributed by atoms with Crippen molar-refractivity contribution < 1.29 is 34.7 Å². The van der Waals surface area contributed by atoms with E-state index in [0.29, 0.717) is 0 Å². The molecule has 0 aromatic heterocycles. The van der Waals surface area contributed by atoms with Gasteiger partial charge in [-0.3, -0.25) is 0 Å². The summed E-state index contributed by atoms with van der Waals surface area (Å²) in [5, 5.41) is 36.3. The number of hydrogen-bond donors (Lipinski definition) is 4. The fourth-order valence-corrected chi connectivity index (χ4v) is 1.25. The summed E-state index contributed by atoms with van der Waals surface area (Å²) < 4.78 is 9.31. The van der Waals surface area contributed by atoms with Crippen LogP contribution in [0.3, 0.4) is 0 Å². The Balaban J connectivity index is 2.78. The van der Waals surface area contributed by atoms with Crippen LogP contribution in [0.4, 0.5) is 0 Å². The van der Waals surface area contributed by atoms with Crippen LogP contribution in [0.2, 0.25) is 0 Å². The lowest BCUT2D eigenvalue weighted by Gasteiger charge is -2.37. The van der Waals surface area contributed by atoms with Crippen LogP contribution >= 0.6 is 0 Å². The number of aliphatic hydroxyl groups excluding tert-OH is 3. The van der Waals surface area contributed by atoms with Gasteiger partial charge < -0.3 is 29.9 Å². The first-order valence-electron chi connectivity index (χ1n) is 3.94. The number of carboxylic acid groups (broad SMARTS) is 1. The van der Waals surface area contributed by atoms with Crippen LogP contribution in [-0.2, 0) is 14.3 Å². The van der Waals surface area contributed by atoms with E-state index in [1.807, 2.05) is 0 Å². The highest BCUT2D eigenvalue weighted by molar-refractivity contribution is 5.73. The highest BCUT2D eigenvalue weighted by atomic mass is 16.7. The van der Waals surface area contributed by atoms with Gasteiger partial charge in [0.05, 0.1) is 0 Å². The van der Waals surface area contributed by atoms with Gasteiger partial charge in [-0.1, -0.05) is 0 Å². The van der Waals surface area contributed by atoms with E-state index < -0.39 is 36.7 Å². The van der Waals surface area contributed by atoms with Gasteiger partial charge in [0.25, 0.3) is 0 Å². The molecular formula is C7H12O7. The monoisotopic (exact) mass is 208 g/mol. The van der Waals surface area contributed by atoms with Crippen molar-refractivity contribution in [2.24, 2.45) is 0 Å². The third-order valence-electron chi connectivity index (χ3n) is 2.05. The lowest BCUT2D eigenvalue weighted by Crippen LogP contribution is -2.60. The van der Waals surface area contributed by atoms with Crippen molar-refractivity contribution in [1.82, 2.24) is 0 Å². The smallest absolute Gasteiger partial charge is 0.335 e. The molecule has 1 saturated heterocycles. The highest BCUT2D eigenvalue weighted by Crippen LogP contribution is 2.21. The summed E-state index contributed by atoms with van der Waals surface area (Å²) in [7, 11) is 1.19. The highest BCUT2D eigenvalue weighted by Gasteiger charge is 2.46. The Hall–Kier alpha value is -0.730. The number of methoxy groups -OCH3 is 1. The first kappa shape index (κ1) is 11.3. The van der Waals surface area contributed by atoms with Crippen LogP contribution in [0.1, 0.15) is 0 Å². The van der Waals surface area contributed by atoms with Gasteiger partial charge in [0, 0.05) is 7.11 Å². The number of carbonyl (C=O) groups is 1. The Bertz CT molecular complexity index is 216. The topological polar surface area (TPSA) is 116 Å². The van der Waals surface area contributed by atoms with E-state index in [4.69, 9.17) is 9.84 Å². The maximum atomic E-state index is 10.5. The fraction of sp³-hybridized carbons (Fsp3) is 0.857. The second-order valence-corrected chi connectivity index (χ2v) is 2.97. The molecule has 82 valence electrons. The van der Waals surface area contributed by atoms with Crippen molar-refractivity contribution in [3.8, 4) is 0 Å². The summed E-state index contributed by atoms with van der Waals surface area (Å²) >= 11 is 0. The van der Waals surface area contributed by atoms with Crippen molar-refractivity contribution in [2.75, 3.05) is 7.11 Å². The minimum atomic E-state index is -1.67. The molecule has 7 heteroatoms. The van der Waals surface area contributed by atoms with Crippen molar-refractivity contribution >= 4 is 5.97 Å². The molecular weight excluding hydrogens is 196 g/mol. The van der Waals surface area contributed by atoms with Gasteiger partial charge >= 0.3 is 5.97 Å². The van der Waals surface area contributed by atoms with E-state index in [1.54, 1.807) is 0 Å². The van der Waals surface area contributed by atoms with Crippen LogP contribution in [0.15, 0.2) is 0 Å². The van der Waals surface area contributed by atoms with Gasteiger partial charge in [-0.25, -0.2) is 4.79 Å². The summed E-state index contributed by atoms with van der Waals surface area (Å²) in [6, 6.07) is 0. The Labute approximate surface area is 79.5 Å². The molecule has 0 saturated carbocycles. The second-order valence-electron chi connectivity index (χ2n) is 2.97. The lowest BCUT2D eigenvalue weighted by molar-refractivity contribution is -0.287. The van der Waals surface area contributed by atoms with E-state index in [1.165, 1.54) is 7.11 Å². The van der Waals surface area contributed by atoms with Crippen LogP contribution < -0.4 is 0 Å². The lowest BCUT2D eigenvalue weighted by atomic mass is 9.99. The molecule has 0 amide bonds. The fourth-order valence-electron chi connectivity index (χ4n) is 1.25. The van der Waals surface area contributed by atoms with E-state index in [2.05, 4.69) is 4.74 Å². The van der Waals surface area contributed by atoms with E-state index in [0.717, 1.165) is 0 Å². The van der Waals surface area contributed by atoms with Gasteiger partial charge in [0.15, 0.2) is 12.4 Å². The predicted molar refractivity (Wildman–Crippen MR) is 41.3 cm³/mol. The molecule has 4 N–H and O–H groups in total. The normalized spacial score (nSPS) is 43.6. The van der Waals surface area contributed by atoms with Crippen LogP contribution in [0, 0.1) is 0 Å².